The summed E-state index contributed by atoms with van der Waals surface area (Å²) in [6.45, 7) is 7.05. The van der Waals surface area contributed by atoms with Crippen LogP contribution in [-0.2, 0) is 10.2 Å². The second-order valence-corrected chi connectivity index (χ2v) is 7.20. The average Bonchev–Trinajstić information content (AvgIpc) is 2.87. The molecule has 21 heavy (non-hydrogen) atoms. The van der Waals surface area contributed by atoms with E-state index < -0.39 is 11.9 Å². The van der Waals surface area contributed by atoms with E-state index in [-0.39, 0.29) is 18.0 Å². The standard InChI is InChI=1S/C14H21N3O3S/c1-14(2,3)10-8-21-12(15-10)16-13(20)17-6-4-5-9(7-17)11(18)19/h8-9H,4-7H2,1-3H3,(H,18,19)(H,15,16,20). The van der Waals surface area contributed by atoms with Crippen molar-refractivity contribution in [2.45, 2.75) is 39.0 Å². The summed E-state index contributed by atoms with van der Waals surface area (Å²) < 4.78 is 0. The van der Waals surface area contributed by atoms with Gasteiger partial charge in [-0.1, -0.05) is 20.8 Å². The number of carboxylic acids is 1. The molecule has 2 rings (SSSR count). The average molecular weight is 311 g/mol. The highest BCUT2D eigenvalue weighted by atomic mass is 32.1. The highest BCUT2D eigenvalue weighted by Gasteiger charge is 2.28. The Labute approximate surface area is 128 Å². The topological polar surface area (TPSA) is 82.5 Å². The van der Waals surface area contributed by atoms with Crippen molar-refractivity contribution in [3.8, 4) is 0 Å². The van der Waals surface area contributed by atoms with Crippen LogP contribution in [0.15, 0.2) is 5.38 Å². The molecule has 7 heteroatoms. The van der Waals surface area contributed by atoms with Gasteiger partial charge in [0.15, 0.2) is 5.13 Å². The van der Waals surface area contributed by atoms with Crippen LogP contribution in [0.2, 0.25) is 0 Å². The summed E-state index contributed by atoms with van der Waals surface area (Å²) in [4.78, 5) is 29.2. The molecule has 1 atom stereocenters. The summed E-state index contributed by atoms with van der Waals surface area (Å²) in [6, 6.07) is -0.268. The largest absolute Gasteiger partial charge is 0.481 e. The summed E-state index contributed by atoms with van der Waals surface area (Å²) in [5.41, 5.74) is 0.879. The Bertz CT molecular complexity index is 536. The minimum Gasteiger partial charge on any atom is -0.481 e. The van der Waals surface area contributed by atoms with Crippen LogP contribution in [0.5, 0.6) is 0 Å². The van der Waals surface area contributed by atoms with Gasteiger partial charge in [-0.3, -0.25) is 10.1 Å². The second-order valence-electron chi connectivity index (χ2n) is 6.34. The van der Waals surface area contributed by atoms with E-state index in [1.54, 1.807) is 4.90 Å². The summed E-state index contributed by atoms with van der Waals surface area (Å²) in [5, 5.41) is 14.3. The molecule has 0 aliphatic carbocycles. The number of carboxylic acid groups (broad SMARTS) is 1. The number of rotatable bonds is 2. The van der Waals surface area contributed by atoms with Crippen LogP contribution in [0.1, 0.15) is 39.3 Å². The first kappa shape index (κ1) is 15.8. The number of piperidine rings is 1. The first-order valence-corrected chi connectivity index (χ1v) is 7.90. The van der Waals surface area contributed by atoms with Crippen LogP contribution in [0.3, 0.4) is 0 Å². The number of carbonyl (C=O) groups excluding carboxylic acids is 1. The summed E-state index contributed by atoms with van der Waals surface area (Å²) in [6.07, 6.45) is 1.35. The molecule has 1 aromatic rings. The zero-order chi connectivity index (χ0) is 15.6. The Morgan fingerprint density at radius 2 is 2.19 bits per heavy atom. The maximum atomic E-state index is 12.2. The highest BCUT2D eigenvalue weighted by Crippen LogP contribution is 2.26. The lowest BCUT2D eigenvalue weighted by molar-refractivity contribution is -0.143. The van der Waals surface area contributed by atoms with E-state index >= 15 is 0 Å². The molecule has 1 unspecified atom stereocenters. The van der Waals surface area contributed by atoms with Gasteiger partial charge in [-0.15, -0.1) is 11.3 Å². The number of carbonyl (C=O) groups is 2. The molecule has 0 aromatic carbocycles. The van der Waals surface area contributed by atoms with Crippen molar-refractivity contribution in [2.24, 2.45) is 5.92 Å². The number of nitrogens with zero attached hydrogens (tertiary/aromatic N) is 2. The fraction of sp³-hybridized carbons (Fsp3) is 0.643. The smallest absolute Gasteiger partial charge is 0.323 e. The molecule has 116 valence electrons. The number of anilines is 1. The summed E-state index contributed by atoms with van der Waals surface area (Å²) in [5.74, 6) is -1.30. The summed E-state index contributed by atoms with van der Waals surface area (Å²) in [7, 11) is 0. The van der Waals surface area contributed by atoms with E-state index in [2.05, 4.69) is 31.1 Å². The van der Waals surface area contributed by atoms with Gasteiger partial charge < -0.3 is 10.0 Å². The molecule has 2 N–H and O–H groups in total. The predicted molar refractivity (Wildman–Crippen MR) is 81.8 cm³/mol. The zero-order valence-electron chi connectivity index (χ0n) is 12.5. The van der Waals surface area contributed by atoms with Gasteiger partial charge in [0.25, 0.3) is 0 Å². The number of nitrogens with one attached hydrogen (secondary N) is 1. The van der Waals surface area contributed by atoms with Crippen LogP contribution in [0.25, 0.3) is 0 Å². The van der Waals surface area contributed by atoms with Crippen LogP contribution in [0, 0.1) is 5.92 Å². The number of amides is 2. The third kappa shape index (κ3) is 3.93. The number of aromatic nitrogens is 1. The first-order chi connectivity index (χ1) is 9.77. The van der Waals surface area contributed by atoms with Gasteiger partial charge in [-0.25, -0.2) is 9.78 Å². The zero-order valence-corrected chi connectivity index (χ0v) is 13.4. The predicted octanol–water partition coefficient (Wildman–Crippen LogP) is 2.77. The molecule has 1 aromatic heterocycles. The Morgan fingerprint density at radius 3 is 2.76 bits per heavy atom. The minimum atomic E-state index is -0.836. The van der Waals surface area contributed by atoms with Crippen molar-refractivity contribution >= 4 is 28.5 Å². The molecule has 6 nitrogen and oxygen atoms in total. The number of likely N-dealkylation sites (tertiary alicyclic amines) is 1. The molecular weight excluding hydrogens is 290 g/mol. The Kier molecular flexibility index (Phi) is 4.51. The SMILES string of the molecule is CC(C)(C)c1csc(NC(=O)N2CCCC(C(=O)O)C2)n1. The van der Waals surface area contributed by atoms with E-state index in [0.29, 0.717) is 18.1 Å². The third-order valence-corrected chi connectivity index (χ3v) is 4.30. The van der Waals surface area contributed by atoms with Crippen molar-refractivity contribution in [1.29, 1.82) is 0 Å². The van der Waals surface area contributed by atoms with E-state index in [4.69, 9.17) is 5.11 Å². The number of hydrogen-bond donors (Lipinski definition) is 2. The number of urea groups is 1. The molecule has 0 spiro atoms. The van der Waals surface area contributed by atoms with E-state index in [1.807, 2.05) is 5.38 Å². The Morgan fingerprint density at radius 1 is 1.48 bits per heavy atom. The quantitative estimate of drug-likeness (QED) is 0.880. The molecule has 0 saturated carbocycles. The number of hydrogen-bond acceptors (Lipinski definition) is 4. The molecule has 1 saturated heterocycles. The number of aliphatic carboxylic acids is 1. The summed E-state index contributed by atoms with van der Waals surface area (Å²) >= 11 is 1.39. The molecular formula is C14H21N3O3S. The normalized spacial score (nSPS) is 19.4. The van der Waals surface area contributed by atoms with Crippen molar-refractivity contribution in [3.05, 3.63) is 11.1 Å². The molecule has 2 heterocycles. The maximum Gasteiger partial charge on any atom is 0.323 e. The van der Waals surface area contributed by atoms with Gasteiger partial charge in [0, 0.05) is 23.9 Å². The van der Waals surface area contributed by atoms with Crippen LogP contribution in [-0.4, -0.2) is 40.1 Å². The first-order valence-electron chi connectivity index (χ1n) is 7.02. The Hall–Kier alpha value is -1.63. The van der Waals surface area contributed by atoms with Crippen molar-refractivity contribution < 1.29 is 14.7 Å². The Balaban J connectivity index is 1.98. The fourth-order valence-corrected chi connectivity index (χ4v) is 3.14. The number of thiazole rings is 1. The molecule has 2 amide bonds. The van der Waals surface area contributed by atoms with E-state index in [9.17, 15) is 9.59 Å². The van der Waals surface area contributed by atoms with Gasteiger partial charge >= 0.3 is 12.0 Å². The molecule has 0 radical (unpaired) electrons. The van der Waals surface area contributed by atoms with Crippen molar-refractivity contribution in [3.63, 3.8) is 0 Å². The van der Waals surface area contributed by atoms with Crippen molar-refractivity contribution in [2.75, 3.05) is 18.4 Å². The second kappa shape index (κ2) is 6.01. The van der Waals surface area contributed by atoms with Crippen molar-refractivity contribution in [1.82, 2.24) is 9.88 Å². The van der Waals surface area contributed by atoms with Gasteiger partial charge in [0.2, 0.25) is 0 Å². The lowest BCUT2D eigenvalue weighted by Crippen LogP contribution is -2.44. The van der Waals surface area contributed by atoms with Gasteiger partial charge in [0.1, 0.15) is 0 Å². The lowest BCUT2D eigenvalue weighted by Gasteiger charge is -2.30. The molecule has 1 fully saturated rings. The molecule has 0 bridgehead atoms. The lowest BCUT2D eigenvalue weighted by atomic mass is 9.93. The fourth-order valence-electron chi connectivity index (χ4n) is 2.21. The van der Waals surface area contributed by atoms with Crippen LogP contribution in [0.4, 0.5) is 9.93 Å². The maximum absolute atomic E-state index is 12.2. The minimum absolute atomic E-state index is 0.0565. The van der Waals surface area contributed by atoms with E-state index in [0.717, 1.165) is 12.1 Å². The van der Waals surface area contributed by atoms with Gasteiger partial charge in [0.05, 0.1) is 11.6 Å². The highest BCUT2D eigenvalue weighted by molar-refractivity contribution is 7.13. The monoisotopic (exact) mass is 311 g/mol. The third-order valence-electron chi connectivity index (χ3n) is 3.54. The van der Waals surface area contributed by atoms with E-state index in [1.165, 1.54) is 11.3 Å². The van der Waals surface area contributed by atoms with Gasteiger partial charge in [-0.2, -0.15) is 0 Å². The molecule has 1 aliphatic rings. The molecule has 1 aliphatic heterocycles. The van der Waals surface area contributed by atoms with Gasteiger partial charge in [-0.05, 0) is 12.8 Å². The van der Waals surface area contributed by atoms with Crippen LogP contribution < -0.4 is 5.32 Å². The van der Waals surface area contributed by atoms with Crippen LogP contribution >= 0.6 is 11.3 Å².